The minimum atomic E-state index is -1.23. The van der Waals surface area contributed by atoms with Gasteiger partial charge in [0.25, 0.3) is 23.4 Å². The lowest BCUT2D eigenvalue weighted by atomic mass is 10.0. The predicted molar refractivity (Wildman–Crippen MR) is 119 cm³/mol. The fraction of sp³-hybridized carbons (Fsp3) is 0.304. The molecule has 2 aromatic rings. The molecule has 1 heterocycles. The van der Waals surface area contributed by atoms with E-state index in [4.69, 9.17) is 9.47 Å². The van der Waals surface area contributed by atoms with Crippen molar-refractivity contribution in [2.75, 3.05) is 19.0 Å². The molecular weight excluding hydrogens is 446 g/mol. The van der Waals surface area contributed by atoms with Crippen LogP contribution in [0.25, 0.3) is 0 Å². The maximum atomic E-state index is 12.9. The zero-order valence-electron chi connectivity index (χ0n) is 18.8. The molecule has 0 spiro atoms. The molecule has 3 amide bonds. The van der Waals surface area contributed by atoms with Gasteiger partial charge >= 0.3 is 5.97 Å². The van der Waals surface area contributed by atoms with E-state index in [-0.39, 0.29) is 40.6 Å². The van der Waals surface area contributed by atoms with E-state index >= 15 is 0 Å². The molecule has 0 saturated carbocycles. The van der Waals surface area contributed by atoms with Crippen molar-refractivity contribution in [2.24, 2.45) is 5.92 Å². The molecule has 0 aromatic heterocycles. The largest absolute Gasteiger partial charge is 0.497 e. The van der Waals surface area contributed by atoms with Crippen LogP contribution in [-0.2, 0) is 14.3 Å². The molecule has 1 N–H and O–H groups in total. The molecule has 0 unspecified atom stereocenters. The quantitative estimate of drug-likeness (QED) is 0.255. The number of fused-ring (bicyclic) bond motifs is 1. The number of nitrogens with one attached hydrogen (secondary N) is 1. The van der Waals surface area contributed by atoms with Crippen LogP contribution in [0.3, 0.4) is 0 Å². The van der Waals surface area contributed by atoms with Crippen molar-refractivity contribution in [3.63, 3.8) is 0 Å². The van der Waals surface area contributed by atoms with E-state index in [9.17, 15) is 29.3 Å². The average Bonchev–Trinajstić information content (AvgIpc) is 3.05. The van der Waals surface area contributed by atoms with Gasteiger partial charge in [-0.2, -0.15) is 0 Å². The number of rotatable bonds is 9. The van der Waals surface area contributed by atoms with Gasteiger partial charge < -0.3 is 14.8 Å². The maximum Gasteiger partial charge on any atom is 0.329 e. The lowest BCUT2D eigenvalue weighted by molar-refractivity contribution is -0.383. The third-order valence-corrected chi connectivity index (χ3v) is 5.12. The number of nitrogens with zero attached hydrogens (tertiary/aromatic N) is 2. The normalized spacial score (nSPS) is 13.5. The molecule has 1 aliphatic rings. The summed E-state index contributed by atoms with van der Waals surface area (Å²) in [7, 11) is 1.36. The van der Waals surface area contributed by atoms with Gasteiger partial charge in [0, 0.05) is 12.1 Å². The fourth-order valence-corrected chi connectivity index (χ4v) is 3.57. The number of nitro benzene ring substituents is 1. The van der Waals surface area contributed by atoms with Crippen LogP contribution in [0, 0.1) is 16.0 Å². The molecule has 11 nitrogen and oxygen atoms in total. The first-order valence-corrected chi connectivity index (χ1v) is 10.4. The van der Waals surface area contributed by atoms with E-state index in [2.05, 4.69) is 5.32 Å². The number of esters is 1. The summed E-state index contributed by atoms with van der Waals surface area (Å²) in [5, 5.41) is 13.5. The van der Waals surface area contributed by atoms with Gasteiger partial charge in [-0.25, -0.2) is 4.79 Å². The molecule has 0 fully saturated rings. The van der Waals surface area contributed by atoms with E-state index in [0.29, 0.717) is 0 Å². The van der Waals surface area contributed by atoms with E-state index in [0.717, 1.165) is 4.90 Å². The number of imide groups is 1. The minimum absolute atomic E-state index is 0.0740. The van der Waals surface area contributed by atoms with Gasteiger partial charge in [0.15, 0.2) is 6.61 Å². The Morgan fingerprint density at radius 1 is 1.09 bits per heavy atom. The summed E-state index contributed by atoms with van der Waals surface area (Å²) >= 11 is 0. The molecule has 34 heavy (non-hydrogen) atoms. The second kappa shape index (κ2) is 10.1. The Balaban J connectivity index is 1.73. The highest BCUT2D eigenvalue weighted by Crippen LogP contribution is 2.29. The van der Waals surface area contributed by atoms with Crippen LogP contribution in [0.1, 0.15) is 41.0 Å². The summed E-state index contributed by atoms with van der Waals surface area (Å²) in [6.07, 6.45) is 0.132. The van der Waals surface area contributed by atoms with Crippen molar-refractivity contribution >= 4 is 35.1 Å². The first-order chi connectivity index (χ1) is 16.1. The van der Waals surface area contributed by atoms with Crippen LogP contribution >= 0.6 is 0 Å². The number of amides is 3. The van der Waals surface area contributed by atoms with Gasteiger partial charge in [0.2, 0.25) is 0 Å². The Kier molecular flexibility index (Phi) is 7.24. The van der Waals surface area contributed by atoms with Crippen LogP contribution in [0.2, 0.25) is 0 Å². The van der Waals surface area contributed by atoms with Crippen LogP contribution < -0.4 is 10.1 Å². The molecule has 1 aliphatic heterocycles. The molecule has 11 heteroatoms. The summed E-state index contributed by atoms with van der Waals surface area (Å²) in [5.74, 6) is -2.79. The number of carbonyl (C=O) groups excluding carboxylic acids is 4. The van der Waals surface area contributed by atoms with Gasteiger partial charge in [0.05, 0.1) is 23.2 Å². The molecule has 178 valence electrons. The van der Waals surface area contributed by atoms with Gasteiger partial charge in [-0.15, -0.1) is 0 Å². The summed E-state index contributed by atoms with van der Waals surface area (Å²) in [5.41, 5.74) is -0.122. The highest BCUT2D eigenvalue weighted by Gasteiger charge is 2.43. The Hall–Kier alpha value is -4.28. The van der Waals surface area contributed by atoms with E-state index in [1.807, 2.05) is 13.8 Å². The molecule has 2 aromatic carbocycles. The second-order valence-electron chi connectivity index (χ2n) is 7.97. The number of nitro groups is 1. The molecule has 0 bridgehead atoms. The van der Waals surface area contributed by atoms with Crippen molar-refractivity contribution < 1.29 is 33.6 Å². The number of benzene rings is 2. The topological polar surface area (TPSA) is 145 Å². The summed E-state index contributed by atoms with van der Waals surface area (Å²) < 4.78 is 10.1. The van der Waals surface area contributed by atoms with Crippen molar-refractivity contribution in [3.05, 3.63) is 63.7 Å². The SMILES string of the molecule is COc1ccc([N+](=O)[O-])c(NC(=O)COC(=O)[C@@H](CC(C)C)N2C(=O)c3ccccc3C2=O)c1. The summed E-state index contributed by atoms with van der Waals surface area (Å²) in [6, 6.07) is 8.80. The zero-order valence-corrected chi connectivity index (χ0v) is 18.8. The van der Waals surface area contributed by atoms with Gasteiger partial charge in [0.1, 0.15) is 17.5 Å². The van der Waals surface area contributed by atoms with Crippen molar-refractivity contribution in [3.8, 4) is 5.75 Å². The van der Waals surface area contributed by atoms with Crippen molar-refractivity contribution in [1.82, 2.24) is 4.90 Å². The number of hydrogen-bond acceptors (Lipinski definition) is 8. The highest BCUT2D eigenvalue weighted by molar-refractivity contribution is 6.22. The lowest BCUT2D eigenvalue weighted by Gasteiger charge is -2.25. The first kappa shape index (κ1) is 24.4. The van der Waals surface area contributed by atoms with Gasteiger partial charge in [-0.1, -0.05) is 26.0 Å². The van der Waals surface area contributed by atoms with Crippen LogP contribution in [-0.4, -0.2) is 53.3 Å². The Labute approximate surface area is 194 Å². The monoisotopic (exact) mass is 469 g/mol. The molecule has 3 rings (SSSR count). The third-order valence-electron chi connectivity index (χ3n) is 5.12. The summed E-state index contributed by atoms with van der Waals surface area (Å²) in [6.45, 7) is 2.85. The van der Waals surface area contributed by atoms with Crippen LogP contribution in [0.15, 0.2) is 42.5 Å². The number of methoxy groups -OCH3 is 1. The summed E-state index contributed by atoms with van der Waals surface area (Å²) in [4.78, 5) is 62.3. The lowest BCUT2D eigenvalue weighted by Crippen LogP contribution is -2.46. The number of carbonyl (C=O) groups is 4. The molecular formula is C23H23N3O8. The van der Waals surface area contributed by atoms with Crippen LogP contribution in [0.4, 0.5) is 11.4 Å². The molecule has 0 saturated heterocycles. The molecule has 0 aliphatic carbocycles. The van der Waals surface area contributed by atoms with Gasteiger partial charge in [-0.3, -0.25) is 29.4 Å². The van der Waals surface area contributed by atoms with Crippen LogP contribution in [0.5, 0.6) is 5.75 Å². The van der Waals surface area contributed by atoms with E-state index in [1.165, 1.54) is 37.4 Å². The fourth-order valence-electron chi connectivity index (χ4n) is 3.57. The Morgan fingerprint density at radius 2 is 1.71 bits per heavy atom. The number of anilines is 1. The minimum Gasteiger partial charge on any atom is -0.497 e. The number of ether oxygens (including phenoxy) is 2. The highest BCUT2D eigenvalue weighted by atomic mass is 16.6. The molecule has 1 atom stereocenters. The molecule has 0 radical (unpaired) electrons. The van der Waals surface area contributed by atoms with E-state index < -0.39 is 41.3 Å². The average molecular weight is 469 g/mol. The third kappa shape index (κ3) is 5.03. The van der Waals surface area contributed by atoms with Crippen molar-refractivity contribution in [2.45, 2.75) is 26.3 Å². The maximum absolute atomic E-state index is 12.9. The number of hydrogen-bond donors (Lipinski definition) is 1. The predicted octanol–water partition coefficient (Wildman–Crippen LogP) is 2.80. The van der Waals surface area contributed by atoms with Crippen molar-refractivity contribution in [1.29, 1.82) is 0 Å². The smallest absolute Gasteiger partial charge is 0.329 e. The van der Waals surface area contributed by atoms with Gasteiger partial charge in [-0.05, 0) is 30.5 Å². The van der Waals surface area contributed by atoms with E-state index in [1.54, 1.807) is 12.1 Å². The Bertz CT molecular complexity index is 1130. The Morgan fingerprint density at radius 3 is 2.24 bits per heavy atom. The standard InChI is InChI=1S/C23H23N3O8/c1-13(2)10-19(25-21(28)15-6-4-5-7-16(15)22(25)29)23(30)34-12-20(27)24-17-11-14(33-3)8-9-18(17)26(31)32/h4-9,11,13,19H,10,12H2,1-3H3,(H,24,27)/t19-/m1/s1. The second-order valence-corrected chi connectivity index (χ2v) is 7.97. The first-order valence-electron chi connectivity index (χ1n) is 10.4. The zero-order chi connectivity index (χ0) is 25.0.